The Bertz CT molecular complexity index is 1700. The van der Waals surface area contributed by atoms with Crippen LogP contribution in [0.2, 0.25) is 0 Å². The zero-order valence-electron chi connectivity index (χ0n) is 26.6. The van der Waals surface area contributed by atoms with E-state index in [1.54, 1.807) is 13.8 Å². The van der Waals surface area contributed by atoms with Crippen molar-refractivity contribution in [3.63, 3.8) is 0 Å². The molecule has 2 atom stereocenters. The molecule has 3 aromatic rings. The van der Waals surface area contributed by atoms with Gasteiger partial charge in [-0.1, -0.05) is 13.8 Å². The molecule has 1 aliphatic heterocycles. The van der Waals surface area contributed by atoms with Crippen LogP contribution in [-0.4, -0.2) is 46.0 Å². The number of aromatic nitrogens is 2. The maximum atomic E-state index is 13.9. The fourth-order valence-electron chi connectivity index (χ4n) is 5.57. The van der Waals surface area contributed by atoms with Gasteiger partial charge in [0.05, 0.1) is 46.4 Å². The Morgan fingerprint density at radius 1 is 0.980 bits per heavy atom. The molecule has 0 fully saturated rings. The summed E-state index contributed by atoms with van der Waals surface area (Å²) in [5, 5.41) is 11.9. The SMILES string of the molecule is CCCNc1cnc([C@H]2C[C@@](N)(CC)N(C(=O)OCCC(=O)O)c3ccc(C(F)(F)F)cc32)nc1Cc1cc(C(F)(F)F)cc(C(F)(F)F)c1. The first-order valence-electron chi connectivity index (χ1n) is 15.2. The number of aliphatic carboxylic acids is 1. The molecule has 18 heteroatoms. The van der Waals surface area contributed by atoms with Gasteiger partial charge >= 0.3 is 30.6 Å². The molecule has 0 bridgehead atoms. The number of halogens is 9. The van der Waals surface area contributed by atoms with Crippen LogP contribution in [0.1, 0.15) is 84.8 Å². The molecule has 272 valence electrons. The van der Waals surface area contributed by atoms with Crippen molar-refractivity contribution in [1.82, 2.24) is 9.97 Å². The lowest BCUT2D eigenvalue weighted by Gasteiger charge is -2.46. The van der Waals surface area contributed by atoms with Crippen molar-refractivity contribution in [2.24, 2.45) is 5.73 Å². The number of benzene rings is 2. The Hall–Kier alpha value is -4.61. The normalized spacial score (nSPS) is 18.1. The third kappa shape index (κ3) is 8.57. The van der Waals surface area contributed by atoms with E-state index in [1.807, 2.05) is 0 Å². The number of amides is 1. The van der Waals surface area contributed by atoms with E-state index in [2.05, 4.69) is 15.3 Å². The van der Waals surface area contributed by atoms with E-state index in [0.717, 1.165) is 17.0 Å². The first kappa shape index (κ1) is 38.2. The van der Waals surface area contributed by atoms with Gasteiger partial charge < -0.3 is 20.9 Å². The number of fused-ring (bicyclic) bond motifs is 1. The molecule has 0 aliphatic carbocycles. The van der Waals surface area contributed by atoms with Gasteiger partial charge in [-0.2, -0.15) is 39.5 Å². The number of rotatable bonds is 10. The molecule has 0 spiro atoms. The molecule has 0 unspecified atom stereocenters. The molecule has 9 nitrogen and oxygen atoms in total. The second-order valence-electron chi connectivity index (χ2n) is 11.7. The standard InChI is InChI=1S/C32H32F9N5O4/c1-3-8-43-24-16-44-27(45-23(24)12-17-10-19(31(36,37)38)13-20(11-17)32(39,40)41)22-15-29(42,4-2)46(28(49)50-9-7-26(47)48)25-6-5-18(14-21(22)25)30(33,34)35/h5-6,10-11,13-14,16,22,43H,3-4,7-9,12,15,42H2,1-2H3,(H,47,48)/t22-,29+/m0/s1. The molecular weight excluding hydrogens is 689 g/mol. The summed E-state index contributed by atoms with van der Waals surface area (Å²) in [6, 6.07) is 3.59. The second kappa shape index (κ2) is 14.3. The summed E-state index contributed by atoms with van der Waals surface area (Å²) in [4.78, 5) is 34.0. The Labute approximate surface area is 279 Å². The van der Waals surface area contributed by atoms with E-state index in [-0.39, 0.29) is 47.4 Å². The van der Waals surface area contributed by atoms with Crippen LogP contribution in [0.5, 0.6) is 0 Å². The van der Waals surface area contributed by atoms with E-state index in [4.69, 9.17) is 15.6 Å². The molecule has 1 aliphatic rings. The fourth-order valence-corrected chi connectivity index (χ4v) is 5.57. The van der Waals surface area contributed by atoms with Gasteiger partial charge in [0.2, 0.25) is 0 Å². The highest BCUT2D eigenvalue weighted by Crippen LogP contribution is 2.47. The van der Waals surface area contributed by atoms with Crippen molar-refractivity contribution >= 4 is 23.4 Å². The van der Waals surface area contributed by atoms with Gasteiger partial charge in [-0.15, -0.1) is 0 Å². The summed E-state index contributed by atoms with van der Waals surface area (Å²) < 4.78 is 129. The molecular formula is C32H32F9N5O4. The largest absolute Gasteiger partial charge is 0.481 e. The minimum absolute atomic E-state index is 0.00540. The van der Waals surface area contributed by atoms with Gasteiger partial charge in [-0.3, -0.25) is 9.69 Å². The van der Waals surface area contributed by atoms with Crippen LogP contribution >= 0.6 is 0 Å². The summed E-state index contributed by atoms with van der Waals surface area (Å²) in [6.07, 6.45) is -15.8. The summed E-state index contributed by atoms with van der Waals surface area (Å²) in [5.74, 6) is -2.59. The highest BCUT2D eigenvalue weighted by atomic mass is 19.4. The molecule has 1 amide bonds. The van der Waals surface area contributed by atoms with E-state index in [1.165, 1.54) is 6.20 Å². The van der Waals surface area contributed by atoms with Gasteiger partial charge in [0, 0.05) is 18.9 Å². The second-order valence-corrected chi connectivity index (χ2v) is 11.7. The first-order chi connectivity index (χ1) is 23.2. The lowest BCUT2D eigenvalue weighted by molar-refractivity contribution is -0.143. The minimum atomic E-state index is -5.11. The quantitative estimate of drug-likeness (QED) is 0.180. The topological polar surface area (TPSA) is 131 Å². The monoisotopic (exact) mass is 721 g/mol. The molecule has 50 heavy (non-hydrogen) atoms. The number of alkyl halides is 9. The number of nitrogens with two attached hydrogens (primary N) is 1. The summed E-state index contributed by atoms with van der Waals surface area (Å²) in [5.41, 5.74) is 0.343. The predicted molar refractivity (Wildman–Crippen MR) is 161 cm³/mol. The number of hydrogen-bond donors (Lipinski definition) is 3. The van der Waals surface area contributed by atoms with Crippen molar-refractivity contribution in [1.29, 1.82) is 0 Å². The van der Waals surface area contributed by atoms with Gasteiger partial charge in [0.15, 0.2) is 0 Å². The maximum Gasteiger partial charge on any atom is 0.416 e. The zero-order valence-corrected chi connectivity index (χ0v) is 26.6. The van der Waals surface area contributed by atoms with Gasteiger partial charge in [-0.05, 0) is 66.8 Å². The Morgan fingerprint density at radius 2 is 1.60 bits per heavy atom. The highest BCUT2D eigenvalue weighted by molar-refractivity contribution is 5.91. The number of hydrogen-bond acceptors (Lipinski definition) is 7. The Balaban J connectivity index is 1.89. The zero-order chi connectivity index (χ0) is 37.2. The number of nitrogens with zero attached hydrogens (tertiary/aromatic N) is 3. The fraction of sp³-hybridized carbons (Fsp3) is 0.438. The van der Waals surface area contributed by atoms with Gasteiger partial charge in [-0.25, -0.2) is 14.8 Å². The van der Waals surface area contributed by atoms with Crippen LogP contribution in [0.3, 0.4) is 0 Å². The summed E-state index contributed by atoms with van der Waals surface area (Å²) in [7, 11) is 0. The van der Waals surface area contributed by atoms with Crippen molar-refractivity contribution in [3.8, 4) is 0 Å². The number of carbonyl (C=O) groups is 2. The first-order valence-corrected chi connectivity index (χ1v) is 15.2. The van der Waals surface area contributed by atoms with Crippen LogP contribution in [0.25, 0.3) is 0 Å². The Morgan fingerprint density at radius 3 is 2.14 bits per heavy atom. The van der Waals surface area contributed by atoms with E-state index < -0.39 is 83.9 Å². The maximum absolute atomic E-state index is 13.9. The van der Waals surface area contributed by atoms with Gasteiger partial charge in [0.1, 0.15) is 18.1 Å². The number of carboxylic acids is 1. The van der Waals surface area contributed by atoms with Crippen LogP contribution in [0.15, 0.2) is 42.6 Å². The predicted octanol–water partition coefficient (Wildman–Crippen LogP) is 7.96. The third-order valence-electron chi connectivity index (χ3n) is 8.09. The smallest absolute Gasteiger partial charge is 0.416 e. The molecule has 2 heterocycles. The number of carboxylic acid groups (broad SMARTS) is 1. The van der Waals surface area contributed by atoms with Crippen molar-refractivity contribution in [2.75, 3.05) is 23.4 Å². The molecule has 2 aromatic carbocycles. The lowest BCUT2D eigenvalue weighted by Crippen LogP contribution is -2.61. The third-order valence-corrected chi connectivity index (χ3v) is 8.09. The number of ether oxygens (including phenoxy) is 1. The van der Waals surface area contributed by atoms with E-state index in [0.29, 0.717) is 31.2 Å². The van der Waals surface area contributed by atoms with Crippen molar-refractivity contribution in [3.05, 3.63) is 81.9 Å². The molecule has 0 radical (unpaired) electrons. The average molecular weight is 722 g/mol. The van der Waals surface area contributed by atoms with Crippen LogP contribution in [0.4, 0.5) is 55.7 Å². The van der Waals surface area contributed by atoms with Crippen LogP contribution in [-0.2, 0) is 34.5 Å². The molecule has 1 aromatic heterocycles. The Kier molecular flexibility index (Phi) is 10.9. The molecule has 4 rings (SSSR count). The van der Waals surface area contributed by atoms with E-state index in [9.17, 15) is 49.1 Å². The summed E-state index contributed by atoms with van der Waals surface area (Å²) >= 11 is 0. The van der Waals surface area contributed by atoms with Crippen LogP contribution < -0.4 is 16.0 Å². The average Bonchev–Trinajstić information content (AvgIpc) is 3.02. The van der Waals surface area contributed by atoms with Crippen LogP contribution in [0, 0.1) is 0 Å². The van der Waals surface area contributed by atoms with Crippen molar-refractivity contribution in [2.45, 2.75) is 76.1 Å². The lowest BCUT2D eigenvalue weighted by atomic mass is 9.80. The molecule has 0 saturated heterocycles. The number of carbonyl (C=O) groups excluding carboxylic acids is 1. The highest BCUT2D eigenvalue weighted by Gasteiger charge is 2.47. The summed E-state index contributed by atoms with van der Waals surface area (Å²) in [6.45, 7) is 3.13. The molecule has 0 saturated carbocycles. The van der Waals surface area contributed by atoms with E-state index >= 15 is 0 Å². The number of anilines is 2. The van der Waals surface area contributed by atoms with Gasteiger partial charge in [0.25, 0.3) is 0 Å². The van der Waals surface area contributed by atoms with Crippen molar-refractivity contribution < 1.29 is 58.9 Å². The number of nitrogens with one attached hydrogen (secondary N) is 1. The minimum Gasteiger partial charge on any atom is -0.481 e. The molecule has 4 N–H and O–H groups in total.